The minimum absolute atomic E-state index is 0.150. The van der Waals surface area contributed by atoms with Gasteiger partial charge in [0.1, 0.15) is 0 Å². The van der Waals surface area contributed by atoms with Crippen LogP contribution in [0.2, 0.25) is 0 Å². The van der Waals surface area contributed by atoms with Gasteiger partial charge in [-0.15, -0.1) is 0 Å². The van der Waals surface area contributed by atoms with Crippen molar-refractivity contribution >= 4 is 9.84 Å². The molecule has 1 N–H and O–H groups in total. The molecule has 0 radical (unpaired) electrons. The fourth-order valence-corrected chi connectivity index (χ4v) is 3.74. The molecule has 114 valence electrons. The van der Waals surface area contributed by atoms with Crippen LogP contribution in [0.3, 0.4) is 0 Å². The van der Waals surface area contributed by atoms with Crippen molar-refractivity contribution in [2.75, 3.05) is 6.54 Å². The number of aryl methyl sites for hydroxylation is 1. The van der Waals surface area contributed by atoms with Gasteiger partial charge in [0.05, 0.1) is 10.5 Å². The molecule has 3 nitrogen and oxygen atoms in total. The van der Waals surface area contributed by atoms with Gasteiger partial charge in [-0.3, -0.25) is 0 Å². The summed E-state index contributed by atoms with van der Waals surface area (Å²) in [5.41, 5.74) is 2.23. The number of benzene rings is 1. The lowest BCUT2D eigenvalue weighted by atomic mass is 10.0. The van der Waals surface area contributed by atoms with Crippen LogP contribution in [0, 0.1) is 6.92 Å². The minimum Gasteiger partial charge on any atom is -0.309 e. The van der Waals surface area contributed by atoms with Gasteiger partial charge in [-0.05, 0) is 46.2 Å². The monoisotopic (exact) mass is 297 g/mol. The highest BCUT2D eigenvalue weighted by molar-refractivity contribution is 7.92. The number of rotatable bonds is 7. The molecule has 0 aliphatic rings. The molecule has 0 aromatic heterocycles. The van der Waals surface area contributed by atoms with Crippen molar-refractivity contribution < 1.29 is 8.42 Å². The van der Waals surface area contributed by atoms with Gasteiger partial charge < -0.3 is 5.32 Å². The highest BCUT2D eigenvalue weighted by Crippen LogP contribution is 2.25. The highest BCUT2D eigenvalue weighted by Gasteiger charge is 2.32. The quantitative estimate of drug-likeness (QED) is 0.840. The average molecular weight is 297 g/mol. The third-order valence-electron chi connectivity index (χ3n) is 3.70. The van der Waals surface area contributed by atoms with Crippen molar-refractivity contribution in [3.63, 3.8) is 0 Å². The van der Waals surface area contributed by atoms with E-state index in [-0.39, 0.29) is 11.3 Å². The first-order chi connectivity index (χ1) is 9.30. The van der Waals surface area contributed by atoms with Crippen LogP contribution in [-0.2, 0) is 9.84 Å². The maximum Gasteiger partial charge on any atom is 0.157 e. The van der Waals surface area contributed by atoms with Crippen LogP contribution in [0.15, 0.2) is 24.3 Å². The highest BCUT2D eigenvalue weighted by atomic mass is 32.2. The SMILES string of the molecule is CCCNC(c1ccc(C)cc1)C(C)S(=O)(=O)C(C)C. The molecule has 1 rings (SSSR count). The largest absolute Gasteiger partial charge is 0.309 e. The second kappa shape index (κ2) is 7.23. The number of hydrogen-bond donors (Lipinski definition) is 1. The van der Waals surface area contributed by atoms with E-state index in [1.807, 2.05) is 38.1 Å². The van der Waals surface area contributed by atoms with E-state index in [0.29, 0.717) is 0 Å². The van der Waals surface area contributed by atoms with Gasteiger partial charge in [0.15, 0.2) is 9.84 Å². The van der Waals surface area contributed by atoms with Gasteiger partial charge in [0, 0.05) is 6.04 Å². The molecule has 4 heteroatoms. The summed E-state index contributed by atoms with van der Waals surface area (Å²) in [5, 5.41) is 2.60. The van der Waals surface area contributed by atoms with E-state index in [2.05, 4.69) is 12.2 Å². The van der Waals surface area contributed by atoms with Gasteiger partial charge >= 0.3 is 0 Å². The first-order valence-corrected chi connectivity index (χ1v) is 8.94. The first-order valence-electron chi connectivity index (χ1n) is 7.33. The second-order valence-corrected chi connectivity index (χ2v) is 8.55. The zero-order valence-electron chi connectivity index (χ0n) is 13.2. The van der Waals surface area contributed by atoms with Gasteiger partial charge in [0.25, 0.3) is 0 Å². The Bertz CT molecular complexity index is 506. The molecule has 20 heavy (non-hydrogen) atoms. The van der Waals surface area contributed by atoms with Crippen molar-refractivity contribution in [1.82, 2.24) is 5.32 Å². The maximum absolute atomic E-state index is 12.4. The molecule has 2 unspecified atom stereocenters. The first kappa shape index (κ1) is 17.2. The Morgan fingerprint density at radius 2 is 1.65 bits per heavy atom. The van der Waals surface area contributed by atoms with Crippen molar-refractivity contribution in [1.29, 1.82) is 0 Å². The topological polar surface area (TPSA) is 46.2 Å². The van der Waals surface area contributed by atoms with Crippen molar-refractivity contribution in [2.24, 2.45) is 0 Å². The van der Waals surface area contributed by atoms with Gasteiger partial charge in [-0.2, -0.15) is 0 Å². The maximum atomic E-state index is 12.4. The van der Waals surface area contributed by atoms with Gasteiger partial charge in [-0.1, -0.05) is 36.8 Å². The Kier molecular flexibility index (Phi) is 6.21. The smallest absolute Gasteiger partial charge is 0.157 e. The molecule has 0 bridgehead atoms. The second-order valence-electron chi connectivity index (χ2n) is 5.69. The zero-order valence-corrected chi connectivity index (χ0v) is 14.0. The molecule has 0 heterocycles. The van der Waals surface area contributed by atoms with E-state index in [1.54, 1.807) is 13.8 Å². The predicted molar refractivity (Wildman–Crippen MR) is 85.7 cm³/mol. The molecule has 1 aromatic carbocycles. The molecule has 0 spiro atoms. The van der Waals surface area contributed by atoms with Crippen LogP contribution >= 0.6 is 0 Å². The summed E-state index contributed by atoms with van der Waals surface area (Å²) >= 11 is 0. The molecule has 0 aliphatic carbocycles. The molecule has 1 aromatic rings. The third kappa shape index (κ3) is 4.06. The number of hydrogen-bond acceptors (Lipinski definition) is 3. The fourth-order valence-electron chi connectivity index (χ4n) is 2.25. The van der Waals surface area contributed by atoms with Crippen LogP contribution in [0.4, 0.5) is 0 Å². The van der Waals surface area contributed by atoms with Crippen molar-refractivity contribution in [3.8, 4) is 0 Å². The molecular formula is C16H27NO2S. The summed E-state index contributed by atoms with van der Waals surface area (Å²) in [6.07, 6.45) is 0.983. The molecule has 0 saturated carbocycles. The zero-order chi connectivity index (χ0) is 15.3. The van der Waals surface area contributed by atoms with Crippen molar-refractivity contribution in [2.45, 2.75) is 57.6 Å². The van der Waals surface area contributed by atoms with E-state index in [0.717, 1.165) is 18.5 Å². The van der Waals surface area contributed by atoms with Crippen LogP contribution in [0.25, 0.3) is 0 Å². The normalized spacial score (nSPS) is 15.3. The van der Waals surface area contributed by atoms with Crippen LogP contribution in [-0.4, -0.2) is 25.5 Å². The Hall–Kier alpha value is -0.870. The third-order valence-corrected chi connectivity index (χ3v) is 6.32. The number of sulfone groups is 1. The van der Waals surface area contributed by atoms with E-state index in [1.165, 1.54) is 5.56 Å². The summed E-state index contributed by atoms with van der Waals surface area (Å²) in [6, 6.07) is 7.96. The predicted octanol–water partition coefficient (Wildman–Crippen LogP) is 3.25. The Balaban J connectivity index is 3.09. The Morgan fingerprint density at radius 3 is 2.10 bits per heavy atom. The van der Waals surface area contributed by atoms with Crippen LogP contribution in [0.5, 0.6) is 0 Å². The summed E-state index contributed by atoms with van der Waals surface area (Å²) < 4.78 is 24.9. The van der Waals surface area contributed by atoms with Gasteiger partial charge in [-0.25, -0.2) is 8.42 Å². The van der Waals surface area contributed by atoms with E-state index in [4.69, 9.17) is 0 Å². The summed E-state index contributed by atoms with van der Waals surface area (Å²) in [6.45, 7) is 10.2. The average Bonchev–Trinajstić information content (AvgIpc) is 2.40. The molecule has 2 atom stereocenters. The lowest BCUT2D eigenvalue weighted by Gasteiger charge is -2.27. The van der Waals surface area contributed by atoms with E-state index >= 15 is 0 Å². The van der Waals surface area contributed by atoms with Crippen LogP contribution < -0.4 is 5.32 Å². The van der Waals surface area contributed by atoms with Crippen LogP contribution in [0.1, 0.15) is 51.3 Å². The minimum atomic E-state index is -3.13. The lowest BCUT2D eigenvalue weighted by Crippen LogP contribution is -2.38. The Labute approximate surface area is 123 Å². The summed E-state index contributed by atoms with van der Waals surface area (Å²) in [5.74, 6) is 0. The standard InChI is InChI=1S/C16H27NO2S/c1-6-11-17-16(14(5)20(18,19)12(2)3)15-9-7-13(4)8-10-15/h7-10,12,14,16-17H,6,11H2,1-5H3. The molecule has 0 fully saturated rings. The number of nitrogens with one attached hydrogen (secondary N) is 1. The lowest BCUT2D eigenvalue weighted by molar-refractivity contribution is 0.494. The molecule has 0 amide bonds. The molecule has 0 saturated heterocycles. The van der Waals surface area contributed by atoms with E-state index in [9.17, 15) is 8.42 Å². The van der Waals surface area contributed by atoms with Gasteiger partial charge in [0.2, 0.25) is 0 Å². The fraction of sp³-hybridized carbons (Fsp3) is 0.625. The van der Waals surface area contributed by atoms with E-state index < -0.39 is 15.1 Å². The summed E-state index contributed by atoms with van der Waals surface area (Å²) in [4.78, 5) is 0. The Morgan fingerprint density at radius 1 is 1.10 bits per heavy atom. The molecule has 0 aliphatic heterocycles. The summed E-state index contributed by atoms with van der Waals surface area (Å²) in [7, 11) is -3.13. The van der Waals surface area contributed by atoms with Crippen molar-refractivity contribution in [3.05, 3.63) is 35.4 Å². The molecular weight excluding hydrogens is 270 g/mol.